The van der Waals surface area contributed by atoms with Crippen molar-refractivity contribution in [2.45, 2.75) is 12.1 Å². The lowest BCUT2D eigenvalue weighted by molar-refractivity contribution is 0.172. The Kier molecular flexibility index (Phi) is 7.29. The van der Waals surface area contributed by atoms with E-state index in [-0.39, 0.29) is 18.6 Å². The maximum Gasteiger partial charge on any atom is 0.315 e. The van der Waals surface area contributed by atoms with Crippen LogP contribution in [0.1, 0.15) is 28.8 Å². The van der Waals surface area contributed by atoms with E-state index < -0.39 is 6.10 Å². The van der Waals surface area contributed by atoms with Crippen molar-refractivity contribution in [1.82, 2.24) is 10.6 Å². The zero-order valence-electron chi connectivity index (χ0n) is 17.0. The second-order valence-electron chi connectivity index (χ2n) is 6.74. The van der Waals surface area contributed by atoms with Crippen molar-refractivity contribution in [3.63, 3.8) is 0 Å². The highest BCUT2D eigenvalue weighted by Gasteiger charge is 2.18. The maximum atomic E-state index is 12.6. The van der Waals surface area contributed by atoms with Gasteiger partial charge in [-0.05, 0) is 28.8 Å². The molecule has 0 saturated heterocycles. The highest BCUT2D eigenvalue weighted by molar-refractivity contribution is 5.75. The molecule has 0 bridgehead atoms. The Balaban J connectivity index is 1.66. The Morgan fingerprint density at radius 3 is 1.93 bits per heavy atom. The second kappa shape index (κ2) is 10.3. The molecule has 0 aromatic heterocycles. The molecule has 3 N–H and O–H groups in total. The van der Waals surface area contributed by atoms with Gasteiger partial charge in [-0.3, -0.25) is 0 Å². The Labute approximate surface area is 176 Å². The molecule has 0 fully saturated rings. The van der Waals surface area contributed by atoms with E-state index in [1.807, 2.05) is 60.7 Å². The number of carbonyl (C=O) groups excluding carboxylic acids is 1. The third kappa shape index (κ3) is 5.30. The van der Waals surface area contributed by atoms with E-state index in [0.29, 0.717) is 17.1 Å². The minimum atomic E-state index is -0.887. The first-order valence-electron chi connectivity index (χ1n) is 9.66. The molecular weight excluding hydrogens is 380 g/mol. The van der Waals surface area contributed by atoms with Gasteiger partial charge < -0.3 is 25.2 Å². The fourth-order valence-corrected chi connectivity index (χ4v) is 3.20. The molecule has 3 rings (SSSR count). The van der Waals surface area contributed by atoms with Gasteiger partial charge in [-0.25, -0.2) is 4.79 Å². The summed E-state index contributed by atoms with van der Waals surface area (Å²) in [5.74, 6) is 1.10. The van der Waals surface area contributed by atoms with Crippen molar-refractivity contribution < 1.29 is 19.4 Å². The summed E-state index contributed by atoms with van der Waals surface area (Å²) in [7, 11) is 3.09. The van der Waals surface area contributed by atoms with E-state index in [0.717, 1.165) is 11.1 Å². The molecular formula is C24H26N2O4. The lowest BCUT2D eigenvalue weighted by atomic mass is 9.99. The molecule has 30 heavy (non-hydrogen) atoms. The molecule has 3 aromatic carbocycles. The third-order valence-electron chi connectivity index (χ3n) is 4.79. The topological polar surface area (TPSA) is 79.8 Å². The highest BCUT2D eigenvalue weighted by atomic mass is 16.5. The summed E-state index contributed by atoms with van der Waals surface area (Å²) in [5.41, 5.74) is 2.56. The summed E-state index contributed by atoms with van der Waals surface area (Å²) >= 11 is 0. The largest absolute Gasteiger partial charge is 0.493 e. The number of hydrogen-bond acceptors (Lipinski definition) is 4. The molecule has 0 heterocycles. The van der Waals surface area contributed by atoms with E-state index in [1.165, 1.54) is 7.11 Å². The highest BCUT2D eigenvalue weighted by Crippen LogP contribution is 2.29. The van der Waals surface area contributed by atoms with Crippen LogP contribution in [0.4, 0.5) is 4.79 Å². The van der Waals surface area contributed by atoms with Crippen LogP contribution < -0.4 is 20.1 Å². The molecule has 0 aliphatic carbocycles. The van der Waals surface area contributed by atoms with Gasteiger partial charge in [-0.15, -0.1) is 0 Å². The maximum absolute atomic E-state index is 12.6. The summed E-state index contributed by atoms with van der Waals surface area (Å²) in [4.78, 5) is 12.6. The summed E-state index contributed by atoms with van der Waals surface area (Å²) in [6.45, 7) is 0.0532. The fourth-order valence-electron chi connectivity index (χ4n) is 3.20. The number of methoxy groups -OCH3 is 2. The number of rotatable bonds is 8. The Morgan fingerprint density at radius 1 is 0.833 bits per heavy atom. The van der Waals surface area contributed by atoms with Crippen molar-refractivity contribution in [3.8, 4) is 11.5 Å². The minimum absolute atomic E-state index is 0.0532. The van der Waals surface area contributed by atoms with Gasteiger partial charge >= 0.3 is 6.03 Å². The smallest absolute Gasteiger partial charge is 0.315 e. The van der Waals surface area contributed by atoms with Crippen LogP contribution in [-0.4, -0.2) is 31.9 Å². The molecule has 1 unspecified atom stereocenters. The zero-order chi connectivity index (χ0) is 21.3. The van der Waals surface area contributed by atoms with Crippen molar-refractivity contribution in [1.29, 1.82) is 0 Å². The number of carbonyl (C=O) groups is 1. The molecule has 0 radical (unpaired) electrons. The van der Waals surface area contributed by atoms with Crippen molar-refractivity contribution >= 4 is 6.03 Å². The van der Waals surface area contributed by atoms with Crippen LogP contribution in [0.15, 0.2) is 78.9 Å². The molecule has 3 aromatic rings. The third-order valence-corrected chi connectivity index (χ3v) is 4.79. The first-order valence-corrected chi connectivity index (χ1v) is 9.66. The second-order valence-corrected chi connectivity index (χ2v) is 6.74. The molecule has 6 nitrogen and oxygen atoms in total. The first-order chi connectivity index (χ1) is 14.6. The molecule has 1 atom stereocenters. The summed E-state index contributed by atoms with van der Waals surface area (Å²) in [5, 5.41) is 16.2. The van der Waals surface area contributed by atoms with Gasteiger partial charge in [0, 0.05) is 6.54 Å². The van der Waals surface area contributed by atoms with E-state index >= 15 is 0 Å². The minimum Gasteiger partial charge on any atom is -0.493 e. The molecule has 156 valence electrons. The van der Waals surface area contributed by atoms with E-state index in [9.17, 15) is 9.90 Å². The molecule has 0 aliphatic heterocycles. The van der Waals surface area contributed by atoms with Gasteiger partial charge in [-0.1, -0.05) is 66.7 Å². The van der Waals surface area contributed by atoms with E-state index in [4.69, 9.17) is 9.47 Å². The number of aliphatic hydroxyl groups excluding tert-OH is 1. The number of amides is 2. The summed E-state index contributed by atoms with van der Waals surface area (Å²) in [6.07, 6.45) is -0.887. The molecule has 0 aliphatic rings. The van der Waals surface area contributed by atoms with Crippen LogP contribution in [0.3, 0.4) is 0 Å². The number of aliphatic hydroxyl groups is 1. The van der Waals surface area contributed by atoms with Crippen molar-refractivity contribution in [3.05, 3.63) is 95.6 Å². The standard InChI is InChI=1S/C24H26N2O4/c1-29-21-14-13-19(15-22(21)30-2)20(27)16-25-24(28)26-23(17-9-5-3-6-10-17)18-11-7-4-8-12-18/h3-15,20,23,27H,16H2,1-2H3,(H2,25,26,28). The summed E-state index contributed by atoms with van der Waals surface area (Å²) < 4.78 is 10.5. The van der Waals surface area contributed by atoms with Gasteiger partial charge in [0.1, 0.15) is 0 Å². The van der Waals surface area contributed by atoms with Crippen LogP contribution >= 0.6 is 0 Å². The molecule has 0 saturated carbocycles. The lowest BCUT2D eigenvalue weighted by Crippen LogP contribution is -2.40. The number of urea groups is 1. The SMILES string of the molecule is COc1ccc(C(O)CNC(=O)NC(c2ccccc2)c2ccccc2)cc1OC. The van der Waals surface area contributed by atoms with Crippen LogP contribution in [0, 0.1) is 0 Å². The summed E-state index contributed by atoms with van der Waals surface area (Å²) in [6, 6.07) is 24.0. The van der Waals surface area contributed by atoms with Crippen LogP contribution in [0.5, 0.6) is 11.5 Å². The van der Waals surface area contributed by atoms with Crippen LogP contribution in [0.25, 0.3) is 0 Å². The average Bonchev–Trinajstić information content (AvgIpc) is 2.81. The number of ether oxygens (including phenoxy) is 2. The van der Waals surface area contributed by atoms with Gasteiger partial charge in [-0.2, -0.15) is 0 Å². The van der Waals surface area contributed by atoms with Gasteiger partial charge in [0.15, 0.2) is 11.5 Å². The molecule has 6 heteroatoms. The van der Waals surface area contributed by atoms with Crippen molar-refractivity contribution in [2.75, 3.05) is 20.8 Å². The molecule has 2 amide bonds. The van der Waals surface area contributed by atoms with Gasteiger partial charge in [0.05, 0.1) is 26.4 Å². The molecule has 0 spiro atoms. The Bertz CT molecular complexity index is 908. The Hall–Kier alpha value is -3.51. The van der Waals surface area contributed by atoms with Crippen LogP contribution in [0.2, 0.25) is 0 Å². The monoisotopic (exact) mass is 406 g/mol. The first kappa shape index (κ1) is 21.2. The number of benzene rings is 3. The quantitative estimate of drug-likeness (QED) is 0.531. The fraction of sp³-hybridized carbons (Fsp3) is 0.208. The Morgan fingerprint density at radius 2 is 1.40 bits per heavy atom. The van der Waals surface area contributed by atoms with E-state index in [1.54, 1.807) is 25.3 Å². The van der Waals surface area contributed by atoms with Crippen LogP contribution in [-0.2, 0) is 0 Å². The average molecular weight is 406 g/mol. The predicted molar refractivity (Wildman–Crippen MR) is 116 cm³/mol. The zero-order valence-corrected chi connectivity index (χ0v) is 17.0. The van der Waals surface area contributed by atoms with Gasteiger partial charge in [0.25, 0.3) is 0 Å². The normalized spacial score (nSPS) is 11.6. The lowest BCUT2D eigenvalue weighted by Gasteiger charge is -2.21. The number of hydrogen-bond donors (Lipinski definition) is 3. The van der Waals surface area contributed by atoms with Gasteiger partial charge in [0.2, 0.25) is 0 Å². The van der Waals surface area contributed by atoms with E-state index in [2.05, 4.69) is 10.6 Å². The van der Waals surface area contributed by atoms with Crippen molar-refractivity contribution in [2.24, 2.45) is 0 Å². The predicted octanol–water partition coefficient (Wildman–Crippen LogP) is 3.83. The number of nitrogens with one attached hydrogen (secondary N) is 2.